The van der Waals surface area contributed by atoms with Crippen LogP contribution in [0.3, 0.4) is 0 Å². The molecule has 0 aliphatic carbocycles. The third-order valence-electron chi connectivity index (χ3n) is 2.16. The van der Waals surface area contributed by atoms with Crippen molar-refractivity contribution in [1.82, 2.24) is 0 Å². The normalized spacial score (nSPS) is 12.6. The van der Waals surface area contributed by atoms with Crippen molar-refractivity contribution in [3.63, 3.8) is 0 Å². The molecule has 0 saturated heterocycles. The summed E-state index contributed by atoms with van der Waals surface area (Å²) in [5.41, 5.74) is 0. The Morgan fingerprint density at radius 1 is 1.42 bits per heavy atom. The highest BCUT2D eigenvalue weighted by Gasteiger charge is 2.08. The van der Waals surface area contributed by atoms with E-state index in [1.165, 1.54) is 12.8 Å². The van der Waals surface area contributed by atoms with Gasteiger partial charge < -0.3 is 4.84 Å². The SMILES string of the molecule is CCCC(CC)CCC(=O)ON. The average Bonchev–Trinajstić information content (AvgIpc) is 2.11. The van der Waals surface area contributed by atoms with Crippen molar-refractivity contribution in [2.24, 2.45) is 11.8 Å². The quantitative estimate of drug-likeness (QED) is 0.625. The molecule has 1 unspecified atom stereocenters. The van der Waals surface area contributed by atoms with Gasteiger partial charge in [-0.05, 0) is 12.3 Å². The van der Waals surface area contributed by atoms with Gasteiger partial charge in [0.05, 0.1) is 0 Å². The van der Waals surface area contributed by atoms with E-state index >= 15 is 0 Å². The summed E-state index contributed by atoms with van der Waals surface area (Å²) in [6, 6.07) is 0. The van der Waals surface area contributed by atoms with Crippen molar-refractivity contribution in [3.8, 4) is 0 Å². The summed E-state index contributed by atoms with van der Waals surface area (Å²) >= 11 is 0. The molecule has 0 amide bonds. The molecule has 0 rings (SSSR count). The van der Waals surface area contributed by atoms with Gasteiger partial charge in [-0.15, -0.1) is 0 Å². The van der Waals surface area contributed by atoms with Crippen LogP contribution in [-0.2, 0) is 9.63 Å². The van der Waals surface area contributed by atoms with Crippen LogP contribution in [0.1, 0.15) is 46.0 Å². The molecule has 0 aromatic rings. The van der Waals surface area contributed by atoms with Crippen molar-refractivity contribution >= 4 is 5.97 Å². The summed E-state index contributed by atoms with van der Waals surface area (Å²) in [4.78, 5) is 14.8. The Labute approximate surface area is 74.2 Å². The van der Waals surface area contributed by atoms with Crippen LogP contribution in [0.25, 0.3) is 0 Å². The van der Waals surface area contributed by atoms with Gasteiger partial charge in [-0.25, -0.2) is 0 Å². The molecule has 0 saturated carbocycles. The molecule has 0 aliphatic heterocycles. The van der Waals surface area contributed by atoms with Crippen LogP contribution < -0.4 is 5.90 Å². The van der Waals surface area contributed by atoms with Crippen molar-refractivity contribution < 1.29 is 9.63 Å². The summed E-state index contributed by atoms with van der Waals surface area (Å²) in [6.45, 7) is 4.30. The van der Waals surface area contributed by atoms with E-state index in [9.17, 15) is 4.79 Å². The van der Waals surface area contributed by atoms with Crippen molar-refractivity contribution in [2.45, 2.75) is 46.0 Å². The predicted octanol–water partition coefficient (Wildman–Crippen LogP) is 2.01. The smallest absolute Gasteiger partial charge is 0.324 e. The van der Waals surface area contributed by atoms with Crippen molar-refractivity contribution in [1.29, 1.82) is 0 Å². The van der Waals surface area contributed by atoms with E-state index in [1.54, 1.807) is 0 Å². The van der Waals surface area contributed by atoms with Crippen LogP contribution in [0.2, 0.25) is 0 Å². The van der Waals surface area contributed by atoms with E-state index in [0.29, 0.717) is 12.3 Å². The van der Waals surface area contributed by atoms with Crippen molar-refractivity contribution in [3.05, 3.63) is 0 Å². The molecule has 72 valence electrons. The first-order chi connectivity index (χ1) is 5.74. The van der Waals surface area contributed by atoms with Gasteiger partial charge in [0.15, 0.2) is 0 Å². The number of carbonyl (C=O) groups is 1. The monoisotopic (exact) mass is 173 g/mol. The number of hydrogen-bond acceptors (Lipinski definition) is 3. The zero-order chi connectivity index (χ0) is 9.40. The van der Waals surface area contributed by atoms with Crippen LogP contribution in [0.5, 0.6) is 0 Å². The molecule has 0 bridgehead atoms. The predicted molar refractivity (Wildman–Crippen MR) is 48.2 cm³/mol. The Balaban J connectivity index is 3.50. The van der Waals surface area contributed by atoms with Gasteiger partial charge in [-0.3, -0.25) is 4.79 Å². The number of nitrogens with two attached hydrogens (primary N) is 1. The third-order valence-corrected chi connectivity index (χ3v) is 2.16. The van der Waals surface area contributed by atoms with Crippen LogP contribution in [0, 0.1) is 5.92 Å². The molecule has 3 heteroatoms. The Morgan fingerprint density at radius 3 is 2.50 bits per heavy atom. The molecule has 3 nitrogen and oxygen atoms in total. The number of hydrogen-bond donors (Lipinski definition) is 1. The lowest BCUT2D eigenvalue weighted by atomic mass is 9.95. The van der Waals surface area contributed by atoms with Crippen LogP contribution in [0.15, 0.2) is 0 Å². The Kier molecular flexibility index (Phi) is 6.76. The Morgan fingerprint density at radius 2 is 2.08 bits per heavy atom. The second-order valence-corrected chi connectivity index (χ2v) is 3.09. The average molecular weight is 173 g/mol. The lowest BCUT2D eigenvalue weighted by Gasteiger charge is -2.11. The minimum Gasteiger partial charge on any atom is -0.373 e. The van der Waals surface area contributed by atoms with E-state index in [-0.39, 0.29) is 5.97 Å². The summed E-state index contributed by atoms with van der Waals surface area (Å²) in [5, 5.41) is 0. The topological polar surface area (TPSA) is 52.3 Å². The molecular weight excluding hydrogens is 154 g/mol. The van der Waals surface area contributed by atoms with Gasteiger partial charge in [-0.1, -0.05) is 33.1 Å². The van der Waals surface area contributed by atoms with Gasteiger partial charge >= 0.3 is 5.97 Å². The molecule has 0 radical (unpaired) electrons. The lowest BCUT2D eigenvalue weighted by Crippen LogP contribution is -2.11. The van der Waals surface area contributed by atoms with Gasteiger partial charge in [0.2, 0.25) is 0 Å². The molecule has 0 spiro atoms. The van der Waals surface area contributed by atoms with E-state index in [1.807, 2.05) is 0 Å². The summed E-state index contributed by atoms with van der Waals surface area (Å²) in [6.07, 6.45) is 4.85. The van der Waals surface area contributed by atoms with Crippen molar-refractivity contribution in [2.75, 3.05) is 0 Å². The lowest BCUT2D eigenvalue weighted by molar-refractivity contribution is -0.144. The highest BCUT2D eigenvalue weighted by Crippen LogP contribution is 2.16. The van der Waals surface area contributed by atoms with Gasteiger partial charge in [0, 0.05) is 6.42 Å². The molecule has 0 fully saturated rings. The van der Waals surface area contributed by atoms with E-state index in [4.69, 9.17) is 5.90 Å². The minimum absolute atomic E-state index is 0.301. The molecule has 2 N–H and O–H groups in total. The molecule has 12 heavy (non-hydrogen) atoms. The fourth-order valence-electron chi connectivity index (χ4n) is 1.34. The fourth-order valence-corrected chi connectivity index (χ4v) is 1.34. The summed E-state index contributed by atoms with van der Waals surface area (Å²) in [5.74, 6) is 5.07. The van der Waals surface area contributed by atoms with Crippen LogP contribution in [0.4, 0.5) is 0 Å². The van der Waals surface area contributed by atoms with Gasteiger partial charge in [0.1, 0.15) is 0 Å². The molecular formula is C9H19NO2. The molecule has 0 heterocycles. The molecule has 0 aromatic heterocycles. The zero-order valence-corrected chi connectivity index (χ0v) is 8.01. The first kappa shape index (κ1) is 11.4. The van der Waals surface area contributed by atoms with Crippen LogP contribution >= 0.6 is 0 Å². The number of carbonyl (C=O) groups excluding carboxylic acids is 1. The van der Waals surface area contributed by atoms with E-state index in [0.717, 1.165) is 12.8 Å². The maximum Gasteiger partial charge on any atom is 0.324 e. The second-order valence-electron chi connectivity index (χ2n) is 3.09. The maximum absolute atomic E-state index is 10.7. The standard InChI is InChI=1S/C9H19NO2/c1-3-5-8(4-2)6-7-9(11)12-10/h8H,3-7,10H2,1-2H3. The van der Waals surface area contributed by atoms with Crippen LogP contribution in [-0.4, -0.2) is 5.97 Å². The highest BCUT2D eigenvalue weighted by atomic mass is 16.7. The Bertz CT molecular complexity index is 126. The third kappa shape index (κ3) is 5.13. The maximum atomic E-state index is 10.7. The largest absolute Gasteiger partial charge is 0.373 e. The molecule has 0 aliphatic rings. The molecule has 1 atom stereocenters. The van der Waals surface area contributed by atoms with E-state index < -0.39 is 0 Å². The summed E-state index contributed by atoms with van der Waals surface area (Å²) in [7, 11) is 0. The van der Waals surface area contributed by atoms with Gasteiger partial charge in [-0.2, -0.15) is 5.90 Å². The number of rotatable bonds is 6. The first-order valence-corrected chi connectivity index (χ1v) is 4.64. The zero-order valence-electron chi connectivity index (χ0n) is 8.01. The van der Waals surface area contributed by atoms with E-state index in [2.05, 4.69) is 18.7 Å². The first-order valence-electron chi connectivity index (χ1n) is 4.64. The highest BCUT2D eigenvalue weighted by molar-refractivity contribution is 5.68. The molecule has 0 aromatic carbocycles. The Hall–Kier alpha value is -0.570. The minimum atomic E-state index is -0.301. The second kappa shape index (κ2) is 7.10. The van der Waals surface area contributed by atoms with Gasteiger partial charge in [0.25, 0.3) is 0 Å². The summed E-state index contributed by atoms with van der Waals surface area (Å²) < 4.78 is 0. The fraction of sp³-hybridized carbons (Fsp3) is 0.889.